The molecule has 0 bridgehead atoms. The third kappa shape index (κ3) is 50.8. The molecule has 0 saturated carbocycles. The summed E-state index contributed by atoms with van der Waals surface area (Å²) in [5, 5.41) is 0. The molecule has 0 saturated heterocycles. The SMILES string of the molecule is CC/C=C/C/C=C/C/C=C/C/C=C/C/C=C/CCCCCC(=O)OC[C@@H](COC(=O)CCCCCCC/C=C/C/C=C/CCCC)OC(=O)CCCCCCC/C=C/C/C=C/C/C=C/CC. The highest BCUT2D eigenvalue weighted by Crippen LogP contribution is 2.13. The molecule has 1 atom stereocenters. The van der Waals surface area contributed by atoms with Gasteiger partial charge in [0.2, 0.25) is 0 Å². The number of ether oxygens (including phenoxy) is 3. The maximum absolute atomic E-state index is 12.8. The van der Waals surface area contributed by atoms with E-state index in [2.05, 4.69) is 142 Å². The number of rotatable bonds is 46. The topological polar surface area (TPSA) is 78.9 Å². The Bertz CT molecular complexity index is 1420. The van der Waals surface area contributed by atoms with Gasteiger partial charge in [-0.05, 0) is 122 Å². The fraction of sp³-hybridized carbons (Fsp3) is 0.617. The Morgan fingerprint density at radius 1 is 0.318 bits per heavy atom. The second kappa shape index (κ2) is 53.4. The Kier molecular flexibility index (Phi) is 50.0. The molecular weight excluding hydrogens is 817 g/mol. The lowest BCUT2D eigenvalue weighted by Gasteiger charge is -2.18. The zero-order valence-corrected chi connectivity index (χ0v) is 42.4. The summed E-state index contributed by atoms with van der Waals surface area (Å²) in [7, 11) is 0. The molecule has 0 spiro atoms. The van der Waals surface area contributed by atoms with Gasteiger partial charge in [-0.3, -0.25) is 14.4 Å². The van der Waals surface area contributed by atoms with Crippen LogP contribution in [0.1, 0.15) is 220 Å². The van der Waals surface area contributed by atoms with Gasteiger partial charge in [-0.25, -0.2) is 0 Å². The van der Waals surface area contributed by atoms with Gasteiger partial charge in [-0.15, -0.1) is 0 Å². The predicted octanol–water partition coefficient (Wildman–Crippen LogP) is 17.7. The van der Waals surface area contributed by atoms with Gasteiger partial charge in [0.15, 0.2) is 6.10 Å². The van der Waals surface area contributed by atoms with Crippen molar-refractivity contribution in [1.82, 2.24) is 0 Å². The molecule has 0 aliphatic heterocycles. The largest absolute Gasteiger partial charge is 0.462 e. The molecule has 0 radical (unpaired) electrons. The van der Waals surface area contributed by atoms with Crippen molar-refractivity contribution in [3.05, 3.63) is 122 Å². The highest BCUT2D eigenvalue weighted by atomic mass is 16.6. The van der Waals surface area contributed by atoms with Gasteiger partial charge in [0.25, 0.3) is 0 Å². The zero-order valence-electron chi connectivity index (χ0n) is 42.4. The van der Waals surface area contributed by atoms with Gasteiger partial charge in [0, 0.05) is 19.3 Å². The van der Waals surface area contributed by atoms with E-state index in [0.717, 1.165) is 161 Å². The first kappa shape index (κ1) is 61.8. The van der Waals surface area contributed by atoms with Crippen LogP contribution in [0.15, 0.2) is 122 Å². The Morgan fingerprint density at radius 2 is 0.591 bits per heavy atom. The normalized spacial score (nSPS) is 13.1. The Balaban J connectivity index is 4.51. The van der Waals surface area contributed by atoms with Gasteiger partial charge >= 0.3 is 17.9 Å². The number of carbonyl (C=O) groups is 3. The summed E-state index contributed by atoms with van der Waals surface area (Å²) in [6.07, 6.45) is 73.2. The van der Waals surface area contributed by atoms with E-state index in [0.29, 0.717) is 19.3 Å². The Hall–Kier alpha value is -4.19. The Labute approximate surface area is 405 Å². The number of hydrogen-bond donors (Lipinski definition) is 0. The van der Waals surface area contributed by atoms with Gasteiger partial charge < -0.3 is 14.2 Å². The predicted molar refractivity (Wildman–Crippen MR) is 283 cm³/mol. The van der Waals surface area contributed by atoms with Crippen LogP contribution >= 0.6 is 0 Å². The van der Waals surface area contributed by atoms with Crippen LogP contribution in [0, 0.1) is 0 Å². The van der Waals surface area contributed by atoms with E-state index in [4.69, 9.17) is 14.2 Å². The number of unbranched alkanes of at least 4 members (excludes halogenated alkanes) is 15. The minimum Gasteiger partial charge on any atom is -0.462 e. The summed E-state index contributed by atoms with van der Waals surface area (Å²) in [4.78, 5) is 38.0. The minimum absolute atomic E-state index is 0.107. The molecule has 6 nitrogen and oxygen atoms in total. The van der Waals surface area contributed by atoms with Crippen LogP contribution in [-0.4, -0.2) is 37.2 Å². The standard InChI is InChI=1S/C60H96O6/c1-4-7-10-13-16-19-22-25-28-29-30-31-33-35-38-41-44-47-50-53-59(62)65-56-57(55-64-58(61)52-49-46-43-40-37-34-27-24-21-18-15-12-9-6-3)66-60(63)54-51-48-45-42-39-36-32-26-23-20-17-14-11-8-5-2/h7-8,10-11,15-20,24-28,30-32,35,38,57H,4-6,9,12-14,21-23,29,33-34,36-37,39-56H2,1-3H3/b10-7+,11-8+,18-15+,19-16+,20-17+,27-24+,28-25+,31-30+,32-26+,38-35+/t57-/m1/s1. The molecule has 0 aromatic heterocycles. The monoisotopic (exact) mass is 913 g/mol. The van der Waals surface area contributed by atoms with Crippen LogP contribution in [0.4, 0.5) is 0 Å². The van der Waals surface area contributed by atoms with Crippen molar-refractivity contribution >= 4 is 17.9 Å². The average Bonchev–Trinajstić information content (AvgIpc) is 3.31. The molecule has 0 N–H and O–H groups in total. The van der Waals surface area contributed by atoms with Crippen molar-refractivity contribution < 1.29 is 28.6 Å². The highest BCUT2D eigenvalue weighted by molar-refractivity contribution is 5.71. The van der Waals surface area contributed by atoms with E-state index < -0.39 is 6.10 Å². The van der Waals surface area contributed by atoms with Gasteiger partial charge in [0.05, 0.1) is 0 Å². The number of hydrogen-bond acceptors (Lipinski definition) is 6. The van der Waals surface area contributed by atoms with E-state index >= 15 is 0 Å². The first-order valence-electron chi connectivity index (χ1n) is 26.5. The van der Waals surface area contributed by atoms with Crippen LogP contribution in [0.3, 0.4) is 0 Å². The van der Waals surface area contributed by atoms with Crippen molar-refractivity contribution in [3.63, 3.8) is 0 Å². The molecule has 0 fully saturated rings. The summed E-state index contributed by atoms with van der Waals surface area (Å²) >= 11 is 0. The quantitative estimate of drug-likeness (QED) is 0.0262. The number of esters is 3. The molecule has 0 amide bonds. The maximum Gasteiger partial charge on any atom is 0.306 e. The van der Waals surface area contributed by atoms with Crippen molar-refractivity contribution in [1.29, 1.82) is 0 Å². The molecule has 6 heteroatoms. The van der Waals surface area contributed by atoms with Crippen molar-refractivity contribution in [3.8, 4) is 0 Å². The average molecular weight is 913 g/mol. The second-order valence-electron chi connectivity index (χ2n) is 17.0. The van der Waals surface area contributed by atoms with Crippen LogP contribution in [0.2, 0.25) is 0 Å². The van der Waals surface area contributed by atoms with E-state index in [1.807, 2.05) is 0 Å². The third-order valence-electron chi connectivity index (χ3n) is 10.7. The molecule has 0 rings (SSSR count). The fourth-order valence-corrected chi connectivity index (χ4v) is 6.73. The smallest absolute Gasteiger partial charge is 0.306 e. The van der Waals surface area contributed by atoms with Gasteiger partial charge in [-0.1, -0.05) is 200 Å². The van der Waals surface area contributed by atoms with Crippen LogP contribution in [0.5, 0.6) is 0 Å². The van der Waals surface area contributed by atoms with Crippen LogP contribution in [0.25, 0.3) is 0 Å². The van der Waals surface area contributed by atoms with Crippen molar-refractivity contribution in [2.24, 2.45) is 0 Å². The summed E-state index contributed by atoms with van der Waals surface area (Å²) in [5.74, 6) is -0.976. The van der Waals surface area contributed by atoms with Crippen LogP contribution < -0.4 is 0 Å². The second-order valence-corrected chi connectivity index (χ2v) is 17.0. The summed E-state index contributed by atoms with van der Waals surface area (Å²) < 4.78 is 16.8. The third-order valence-corrected chi connectivity index (χ3v) is 10.7. The number of carbonyl (C=O) groups excluding carboxylic acids is 3. The minimum atomic E-state index is -0.810. The lowest BCUT2D eigenvalue weighted by atomic mass is 10.1. The molecule has 0 aromatic rings. The van der Waals surface area contributed by atoms with E-state index in [1.165, 1.54) is 19.3 Å². The molecular formula is C60H96O6. The lowest BCUT2D eigenvalue weighted by Crippen LogP contribution is -2.30. The first-order chi connectivity index (χ1) is 32.5. The van der Waals surface area contributed by atoms with E-state index in [9.17, 15) is 14.4 Å². The molecule has 0 aliphatic carbocycles. The fourth-order valence-electron chi connectivity index (χ4n) is 6.73. The lowest BCUT2D eigenvalue weighted by molar-refractivity contribution is -0.167. The summed E-state index contributed by atoms with van der Waals surface area (Å²) in [6, 6.07) is 0. The molecule has 0 aromatic carbocycles. The molecule has 0 unspecified atom stereocenters. The molecule has 0 aliphatic rings. The summed E-state index contributed by atoms with van der Waals surface area (Å²) in [6.45, 7) is 6.30. The van der Waals surface area contributed by atoms with E-state index in [1.54, 1.807) is 0 Å². The number of allylic oxidation sites excluding steroid dienone is 20. The van der Waals surface area contributed by atoms with Crippen LogP contribution in [-0.2, 0) is 28.6 Å². The highest BCUT2D eigenvalue weighted by Gasteiger charge is 2.19. The van der Waals surface area contributed by atoms with E-state index in [-0.39, 0.29) is 31.1 Å². The van der Waals surface area contributed by atoms with Gasteiger partial charge in [-0.2, -0.15) is 0 Å². The van der Waals surface area contributed by atoms with Crippen molar-refractivity contribution in [2.75, 3.05) is 13.2 Å². The van der Waals surface area contributed by atoms with Crippen molar-refractivity contribution in [2.45, 2.75) is 226 Å². The molecule has 66 heavy (non-hydrogen) atoms. The summed E-state index contributed by atoms with van der Waals surface area (Å²) in [5.41, 5.74) is 0. The molecule has 372 valence electrons. The maximum atomic E-state index is 12.8. The van der Waals surface area contributed by atoms with Gasteiger partial charge in [0.1, 0.15) is 13.2 Å². The zero-order chi connectivity index (χ0) is 47.9. The Morgan fingerprint density at radius 3 is 0.939 bits per heavy atom. The first-order valence-corrected chi connectivity index (χ1v) is 26.5. The molecule has 0 heterocycles.